The molecular weight excluding hydrogens is 418 g/mol. The molecule has 1 aliphatic heterocycles. The van der Waals surface area contributed by atoms with Crippen molar-refractivity contribution in [3.8, 4) is 0 Å². The molecule has 6 heteroatoms. The largest absolute Gasteiger partial charge is 0.468 e. The molecule has 0 spiro atoms. The zero-order valence-corrected chi connectivity index (χ0v) is 18.9. The number of anilines is 1. The van der Waals surface area contributed by atoms with Gasteiger partial charge in [-0.15, -0.1) is 0 Å². The van der Waals surface area contributed by atoms with Crippen LogP contribution in [0, 0.1) is 12.3 Å². The maximum atomic E-state index is 13.5. The third-order valence-corrected chi connectivity index (χ3v) is 6.12. The van der Waals surface area contributed by atoms with Crippen LogP contribution in [0.1, 0.15) is 35.3 Å². The zero-order chi connectivity index (χ0) is 23.4. The molecule has 1 saturated heterocycles. The number of hydrogen-bond donors (Lipinski definition) is 0. The Morgan fingerprint density at radius 1 is 0.818 bits per heavy atom. The number of carbonyl (C=O) groups excluding carboxylic acids is 2. The molecule has 170 valence electrons. The van der Waals surface area contributed by atoms with Crippen molar-refractivity contribution >= 4 is 17.6 Å². The average molecular weight is 446 g/mol. The predicted molar refractivity (Wildman–Crippen MR) is 124 cm³/mol. The normalized spacial score (nSPS) is 19.5. The molecule has 0 aromatic heterocycles. The Balaban J connectivity index is 1.96. The van der Waals surface area contributed by atoms with E-state index in [1.54, 1.807) is 5.06 Å². The van der Waals surface area contributed by atoms with Crippen LogP contribution in [0.3, 0.4) is 0 Å². The molecule has 2 atom stereocenters. The first kappa shape index (κ1) is 22.6. The average Bonchev–Trinajstić information content (AvgIpc) is 2.88. The molecule has 0 saturated carbocycles. The van der Waals surface area contributed by atoms with Gasteiger partial charge in [0.25, 0.3) is 0 Å². The second-order valence-electron chi connectivity index (χ2n) is 8.14. The Morgan fingerprint density at radius 2 is 1.36 bits per heavy atom. The Hall–Kier alpha value is -3.64. The number of para-hydroxylation sites is 1. The molecule has 4 rings (SSSR count). The van der Waals surface area contributed by atoms with Crippen LogP contribution in [-0.2, 0) is 23.9 Å². The first-order chi connectivity index (χ1) is 16.0. The monoisotopic (exact) mass is 445 g/mol. The fourth-order valence-electron chi connectivity index (χ4n) is 4.48. The third-order valence-electron chi connectivity index (χ3n) is 6.12. The molecule has 0 radical (unpaired) electrons. The zero-order valence-electron chi connectivity index (χ0n) is 18.9. The van der Waals surface area contributed by atoms with Crippen LogP contribution < -0.4 is 5.06 Å². The Bertz CT molecular complexity index is 1080. The molecule has 3 aromatic carbocycles. The molecule has 0 bridgehead atoms. The summed E-state index contributed by atoms with van der Waals surface area (Å²) in [6.07, 6.45) is -0.512. The SMILES string of the molecule is COC(=O)C1(C(=O)OC)CC(c2ccc(C)cc2)ON(c2ccccc2)C1c1ccccc1. The number of esters is 2. The highest BCUT2D eigenvalue weighted by Gasteiger charge is 2.62. The quantitative estimate of drug-likeness (QED) is 0.409. The summed E-state index contributed by atoms with van der Waals surface area (Å²) in [6, 6.07) is 25.8. The molecule has 33 heavy (non-hydrogen) atoms. The van der Waals surface area contributed by atoms with Crippen LogP contribution in [-0.4, -0.2) is 26.2 Å². The minimum atomic E-state index is -1.66. The second-order valence-corrected chi connectivity index (χ2v) is 8.14. The van der Waals surface area contributed by atoms with E-state index in [0.717, 1.165) is 16.7 Å². The summed E-state index contributed by atoms with van der Waals surface area (Å²) in [5.41, 5.74) is 1.74. The molecule has 0 aliphatic carbocycles. The summed E-state index contributed by atoms with van der Waals surface area (Å²) in [5.74, 6) is -1.32. The van der Waals surface area contributed by atoms with Crippen LogP contribution in [0.5, 0.6) is 0 Å². The Kier molecular flexibility index (Phi) is 6.47. The molecule has 2 unspecified atom stereocenters. The van der Waals surface area contributed by atoms with Crippen LogP contribution in [0.25, 0.3) is 0 Å². The van der Waals surface area contributed by atoms with Crippen molar-refractivity contribution in [1.82, 2.24) is 0 Å². The fourth-order valence-corrected chi connectivity index (χ4v) is 4.48. The lowest BCUT2D eigenvalue weighted by atomic mass is 9.70. The fraction of sp³-hybridized carbons (Fsp3) is 0.259. The summed E-state index contributed by atoms with van der Waals surface area (Å²) in [6.45, 7) is 2.00. The highest BCUT2D eigenvalue weighted by atomic mass is 16.7. The minimum Gasteiger partial charge on any atom is -0.468 e. The van der Waals surface area contributed by atoms with Crippen molar-refractivity contribution in [3.63, 3.8) is 0 Å². The number of hydroxylamine groups is 1. The van der Waals surface area contributed by atoms with Gasteiger partial charge in [-0.2, -0.15) is 0 Å². The van der Waals surface area contributed by atoms with Crippen molar-refractivity contribution in [2.75, 3.05) is 19.3 Å². The molecule has 3 aromatic rings. The van der Waals surface area contributed by atoms with E-state index >= 15 is 0 Å². The van der Waals surface area contributed by atoms with E-state index in [1.165, 1.54) is 14.2 Å². The first-order valence-electron chi connectivity index (χ1n) is 10.8. The van der Waals surface area contributed by atoms with Gasteiger partial charge in [-0.3, -0.25) is 14.4 Å². The summed E-state index contributed by atoms with van der Waals surface area (Å²) in [7, 11) is 2.58. The number of aryl methyl sites for hydroxylation is 1. The number of nitrogens with zero attached hydrogens (tertiary/aromatic N) is 1. The van der Waals surface area contributed by atoms with Gasteiger partial charge in [-0.05, 0) is 30.2 Å². The second kappa shape index (κ2) is 9.46. The van der Waals surface area contributed by atoms with Gasteiger partial charge in [-0.1, -0.05) is 78.4 Å². The molecule has 1 fully saturated rings. The topological polar surface area (TPSA) is 65.1 Å². The van der Waals surface area contributed by atoms with Crippen LogP contribution in [0.15, 0.2) is 84.9 Å². The summed E-state index contributed by atoms with van der Waals surface area (Å²) in [5, 5.41) is 1.65. The molecule has 1 aliphatic rings. The number of hydrogen-bond acceptors (Lipinski definition) is 6. The number of carbonyl (C=O) groups is 2. The molecule has 0 N–H and O–H groups in total. The van der Waals surface area contributed by atoms with E-state index < -0.39 is 29.5 Å². The molecular formula is C27H27NO5. The number of rotatable bonds is 5. The van der Waals surface area contributed by atoms with Gasteiger partial charge >= 0.3 is 11.9 Å². The van der Waals surface area contributed by atoms with E-state index in [2.05, 4.69) is 0 Å². The molecule has 6 nitrogen and oxygen atoms in total. The van der Waals surface area contributed by atoms with Crippen molar-refractivity contribution in [2.45, 2.75) is 25.5 Å². The van der Waals surface area contributed by atoms with Gasteiger partial charge in [0.1, 0.15) is 12.1 Å². The van der Waals surface area contributed by atoms with Gasteiger partial charge in [0, 0.05) is 6.42 Å². The van der Waals surface area contributed by atoms with Gasteiger partial charge in [0.15, 0.2) is 5.41 Å². The summed E-state index contributed by atoms with van der Waals surface area (Å²) in [4.78, 5) is 33.5. The minimum absolute atomic E-state index is 0.0678. The van der Waals surface area contributed by atoms with Crippen molar-refractivity contribution in [1.29, 1.82) is 0 Å². The molecule has 0 amide bonds. The van der Waals surface area contributed by atoms with Crippen LogP contribution in [0.4, 0.5) is 5.69 Å². The van der Waals surface area contributed by atoms with Gasteiger partial charge < -0.3 is 9.47 Å². The molecule has 1 heterocycles. The van der Waals surface area contributed by atoms with E-state index in [0.29, 0.717) is 5.69 Å². The summed E-state index contributed by atoms with van der Waals surface area (Å²) < 4.78 is 10.5. The van der Waals surface area contributed by atoms with Crippen LogP contribution >= 0.6 is 0 Å². The van der Waals surface area contributed by atoms with Crippen molar-refractivity contribution < 1.29 is 23.9 Å². The van der Waals surface area contributed by atoms with E-state index in [-0.39, 0.29) is 6.42 Å². The van der Waals surface area contributed by atoms with Gasteiger partial charge in [0.2, 0.25) is 0 Å². The van der Waals surface area contributed by atoms with Crippen LogP contribution in [0.2, 0.25) is 0 Å². The lowest BCUT2D eigenvalue weighted by molar-refractivity contribution is -0.186. The van der Waals surface area contributed by atoms with E-state index in [1.807, 2.05) is 91.9 Å². The van der Waals surface area contributed by atoms with Crippen molar-refractivity contribution in [2.24, 2.45) is 5.41 Å². The maximum absolute atomic E-state index is 13.5. The maximum Gasteiger partial charge on any atom is 0.325 e. The Labute approximate surface area is 193 Å². The number of ether oxygens (including phenoxy) is 2. The summed E-state index contributed by atoms with van der Waals surface area (Å²) >= 11 is 0. The highest BCUT2D eigenvalue weighted by Crippen LogP contribution is 2.53. The standard InChI is InChI=1S/C27H27NO5/c1-19-14-16-20(17-15-19)23-18-27(25(29)31-2,26(30)32-3)24(21-10-6-4-7-11-21)28(33-23)22-12-8-5-9-13-22/h4-17,23-24H,18H2,1-3H3. The van der Waals surface area contributed by atoms with E-state index in [9.17, 15) is 9.59 Å². The third kappa shape index (κ3) is 4.10. The van der Waals surface area contributed by atoms with Gasteiger partial charge in [0.05, 0.1) is 19.9 Å². The van der Waals surface area contributed by atoms with Crippen molar-refractivity contribution in [3.05, 3.63) is 102 Å². The Morgan fingerprint density at radius 3 is 1.91 bits per heavy atom. The van der Waals surface area contributed by atoms with E-state index in [4.69, 9.17) is 14.3 Å². The number of benzene rings is 3. The first-order valence-corrected chi connectivity index (χ1v) is 10.8. The smallest absolute Gasteiger partial charge is 0.325 e. The van der Waals surface area contributed by atoms with Gasteiger partial charge in [-0.25, -0.2) is 5.06 Å². The number of methoxy groups -OCH3 is 2. The highest BCUT2D eigenvalue weighted by molar-refractivity contribution is 6.02. The predicted octanol–water partition coefficient (Wildman–Crippen LogP) is 4.95. The lowest BCUT2D eigenvalue weighted by Gasteiger charge is -2.49. The lowest BCUT2D eigenvalue weighted by Crippen LogP contribution is -2.56.